The number of hydrogen-bond donors (Lipinski definition) is 1. The molecule has 0 aliphatic heterocycles. The number of nitrogens with zero attached hydrogens (tertiary/aromatic N) is 2. The van der Waals surface area contributed by atoms with Crippen molar-refractivity contribution in [3.05, 3.63) is 65.2 Å². The first-order chi connectivity index (χ1) is 16.1. The number of benzene rings is 2. The van der Waals surface area contributed by atoms with Crippen molar-refractivity contribution < 1.29 is 18.0 Å². The van der Waals surface area contributed by atoms with Crippen molar-refractivity contribution in [2.45, 2.75) is 65.1 Å². The van der Waals surface area contributed by atoms with Gasteiger partial charge in [0.15, 0.2) is 0 Å². The SMILES string of the molecule is Cc1cccc(C)c1N(CC(=O)N(Cc1ccccc1)[C@H](C)C(=O)NC1CCCC1)S(C)(=O)=O. The Morgan fingerprint density at radius 2 is 1.59 bits per heavy atom. The normalized spacial score (nSPS) is 15.1. The number of aryl methyl sites for hydroxylation is 2. The van der Waals surface area contributed by atoms with E-state index in [0.29, 0.717) is 5.69 Å². The molecule has 1 saturated carbocycles. The molecule has 0 radical (unpaired) electrons. The summed E-state index contributed by atoms with van der Waals surface area (Å²) in [6.45, 7) is 5.19. The van der Waals surface area contributed by atoms with Gasteiger partial charge in [-0.2, -0.15) is 0 Å². The molecule has 184 valence electrons. The summed E-state index contributed by atoms with van der Waals surface area (Å²) in [5.41, 5.74) is 2.90. The van der Waals surface area contributed by atoms with Crippen LogP contribution in [0.1, 0.15) is 49.3 Å². The third-order valence-corrected chi connectivity index (χ3v) is 7.55. The molecule has 0 bridgehead atoms. The van der Waals surface area contributed by atoms with Gasteiger partial charge in [-0.05, 0) is 50.3 Å². The molecule has 1 aliphatic rings. The number of amides is 2. The summed E-state index contributed by atoms with van der Waals surface area (Å²) >= 11 is 0. The maximum atomic E-state index is 13.6. The zero-order chi connectivity index (χ0) is 24.9. The Kier molecular flexibility index (Phi) is 8.36. The van der Waals surface area contributed by atoms with Crippen LogP contribution < -0.4 is 9.62 Å². The number of sulfonamides is 1. The van der Waals surface area contributed by atoms with Gasteiger partial charge in [0.2, 0.25) is 21.8 Å². The molecule has 1 atom stereocenters. The standard InChI is InChI=1S/C26H35N3O4S/c1-19-11-10-12-20(2)25(19)29(34(4,32)33)18-24(30)28(17-22-13-6-5-7-14-22)21(3)26(31)27-23-15-8-9-16-23/h5-7,10-14,21,23H,8-9,15-18H2,1-4H3,(H,27,31)/t21-/m1/s1. The Bertz CT molecular complexity index is 1090. The van der Waals surface area contributed by atoms with Crippen LogP contribution in [0.5, 0.6) is 0 Å². The molecule has 2 aromatic carbocycles. The van der Waals surface area contributed by atoms with Gasteiger partial charge in [0.25, 0.3) is 0 Å². The summed E-state index contributed by atoms with van der Waals surface area (Å²) in [6, 6.07) is 14.3. The monoisotopic (exact) mass is 485 g/mol. The largest absolute Gasteiger partial charge is 0.352 e. The predicted octanol–water partition coefficient (Wildman–Crippen LogP) is 3.55. The first kappa shape index (κ1) is 25.7. The minimum absolute atomic E-state index is 0.130. The van der Waals surface area contributed by atoms with E-state index in [1.54, 1.807) is 6.92 Å². The lowest BCUT2D eigenvalue weighted by molar-refractivity contribution is -0.139. The molecule has 7 nitrogen and oxygen atoms in total. The second kappa shape index (κ2) is 11.0. The number of anilines is 1. The minimum atomic E-state index is -3.74. The molecule has 1 fully saturated rings. The van der Waals surface area contributed by atoms with Gasteiger partial charge in [-0.25, -0.2) is 8.42 Å². The first-order valence-corrected chi connectivity index (χ1v) is 13.6. The summed E-state index contributed by atoms with van der Waals surface area (Å²) in [5.74, 6) is -0.639. The van der Waals surface area contributed by atoms with E-state index in [-0.39, 0.29) is 25.0 Å². The van der Waals surface area contributed by atoms with Crippen molar-refractivity contribution in [1.29, 1.82) is 0 Å². The van der Waals surface area contributed by atoms with E-state index >= 15 is 0 Å². The lowest BCUT2D eigenvalue weighted by Gasteiger charge is -2.32. The molecule has 2 aromatic rings. The molecule has 1 aliphatic carbocycles. The number of hydrogen-bond acceptors (Lipinski definition) is 4. The quantitative estimate of drug-likeness (QED) is 0.589. The zero-order valence-electron chi connectivity index (χ0n) is 20.5. The zero-order valence-corrected chi connectivity index (χ0v) is 21.3. The summed E-state index contributed by atoms with van der Waals surface area (Å²) in [4.78, 5) is 28.2. The van der Waals surface area contributed by atoms with Crippen LogP contribution in [0.4, 0.5) is 5.69 Å². The van der Waals surface area contributed by atoms with E-state index in [0.717, 1.165) is 52.9 Å². The van der Waals surface area contributed by atoms with E-state index in [1.165, 1.54) is 4.90 Å². The van der Waals surface area contributed by atoms with E-state index in [1.807, 2.05) is 62.4 Å². The van der Waals surface area contributed by atoms with E-state index in [2.05, 4.69) is 5.32 Å². The Morgan fingerprint density at radius 1 is 1.00 bits per heavy atom. The highest BCUT2D eigenvalue weighted by Crippen LogP contribution is 2.27. The van der Waals surface area contributed by atoms with Crippen molar-refractivity contribution in [1.82, 2.24) is 10.2 Å². The fraction of sp³-hybridized carbons (Fsp3) is 0.462. The van der Waals surface area contributed by atoms with Crippen LogP contribution >= 0.6 is 0 Å². The van der Waals surface area contributed by atoms with Crippen LogP contribution in [0.2, 0.25) is 0 Å². The second-order valence-corrected chi connectivity index (χ2v) is 11.1. The van der Waals surface area contributed by atoms with Gasteiger partial charge in [-0.15, -0.1) is 0 Å². The number of para-hydroxylation sites is 1. The molecule has 0 aromatic heterocycles. The summed E-state index contributed by atoms with van der Waals surface area (Å²) in [6.07, 6.45) is 5.17. The Labute approximate surface area is 203 Å². The highest BCUT2D eigenvalue weighted by atomic mass is 32.2. The van der Waals surface area contributed by atoms with Crippen LogP contribution in [0.25, 0.3) is 0 Å². The predicted molar refractivity (Wildman–Crippen MR) is 135 cm³/mol. The molecule has 0 unspecified atom stereocenters. The van der Waals surface area contributed by atoms with Crippen molar-refractivity contribution in [3.8, 4) is 0 Å². The van der Waals surface area contributed by atoms with Crippen LogP contribution in [-0.4, -0.2) is 50.0 Å². The molecule has 2 amide bonds. The summed E-state index contributed by atoms with van der Waals surface area (Å²) in [7, 11) is -3.74. The van der Waals surface area contributed by atoms with Crippen molar-refractivity contribution in [2.75, 3.05) is 17.1 Å². The van der Waals surface area contributed by atoms with Crippen LogP contribution in [0.15, 0.2) is 48.5 Å². The van der Waals surface area contributed by atoms with Crippen molar-refractivity contribution in [2.24, 2.45) is 0 Å². The van der Waals surface area contributed by atoms with Gasteiger partial charge in [0.05, 0.1) is 11.9 Å². The molecule has 0 heterocycles. The van der Waals surface area contributed by atoms with Gasteiger partial charge in [0, 0.05) is 12.6 Å². The van der Waals surface area contributed by atoms with E-state index < -0.39 is 22.0 Å². The molecular formula is C26H35N3O4S. The van der Waals surface area contributed by atoms with Crippen molar-refractivity contribution >= 4 is 27.5 Å². The lowest BCUT2D eigenvalue weighted by atomic mass is 10.1. The van der Waals surface area contributed by atoms with Gasteiger partial charge >= 0.3 is 0 Å². The third kappa shape index (κ3) is 6.38. The lowest BCUT2D eigenvalue weighted by Crippen LogP contribution is -2.52. The fourth-order valence-electron chi connectivity index (χ4n) is 4.53. The van der Waals surface area contributed by atoms with Gasteiger partial charge in [-0.3, -0.25) is 13.9 Å². The molecule has 1 N–H and O–H groups in total. The van der Waals surface area contributed by atoms with Crippen LogP contribution in [0, 0.1) is 13.8 Å². The smallest absolute Gasteiger partial charge is 0.244 e. The highest BCUT2D eigenvalue weighted by molar-refractivity contribution is 7.92. The van der Waals surface area contributed by atoms with Crippen LogP contribution in [0.3, 0.4) is 0 Å². The van der Waals surface area contributed by atoms with Gasteiger partial charge < -0.3 is 10.2 Å². The number of nitrogens with one attached hydrogen (secondary N) is 1. The molecular weight excluding hydrogens is 450 g/mol. The average molecular weight is 486 g/mol. The number of rotatable bonds is 9. The van der Waals surface area contributed by atoms with E-state index in [4.69, 9.17) is 0 Å². The first-order valence-electron chi connectivity index (χ1n) is 11.8. The average Bonchev–Trinajstić information content (AvgIpc) is 3.29. The fourth-order valence-corrected chi connectivity index (χ4v) is 5.49. The third-order valence-electron chi connectivity index (χ3n) is 6.43. The molecule has 8 heteroatoms. The Morgan fingerprint density at radius 3 is 2.15 bits per heavy atom. The number of carbonyl (C=O) groups is 2. The van der Waals surface area contributed by atoms with Gasteiger partial charge in [-0.1, -0.05) is 61.4 Å². The maximum absolute atomic E-state index is 13.6. The maximum Gasteiger partial charge on any atom is 0.244 e. The van der Waals surface area contributed by atoms with Crippen molar-refractivity contribution in [3.63, 3.8) is 0 Å². The van der Waals surface area contributed by atoms with Crippen LogP contribution in [-0.2, 0) is 26.2 Å². The highest BCUT2D eigenvalue weighted by Gasteiger charge is 2.32. The molecule has 3 rings (SSSR count). The topological polar surface area (TPSA) is 86.8 Å². The number of carbonyl (C=O) groups excluding carboxylic acids is 2. The molecule has 34 heavy (non-hydrogen) atoms. The Balaban J connectivity index is 1.90. The summed E-state index contributed by atoms with van der Waals surface area (Å²) < 4.78 is 26.7. The Hall–Kier alpha value is -2.87. The second-order valence-electron chi connectivity index (χ2n) is 9.18. The summed E-state index contributed by atoms with van der Waals surface area (Å²) in [5, 5.41) is 3.07. The van der Waals surface area contributed by atoms with Gasteiger partial charge in [0.1, 0.15) is 12.6 Å². The van der Waals surface area contributed by atoms with E-state index in [9.17, 15) is 18.0 Å². The molecule has 0 spiro atoms. The minimum Gasteiger partial charge on any atom is -0.352 e. The molecule has 0 saturated heterocycles.